The summed E-state index contributed by atoms with van der Waals surface area (Å²) in [7, 11) is -3.85. The van der Waals surface area contributed by atoms with E-state index in [0.717, 1.165) is 13.0 Å². The Kier molecular flexibility index (Phi) is 23.8. The summed E-state index contributed by atoms with van der Waals surface area (Å²) in [5.74, 6) is 0.442. The van der Waals surface area contributed by atoms with Crippen molar-refractivity contribution in [1.82, 2.24) is 0 Å². The molecule has 0 amide bonds. The summed E-state index contributed by atoms with van der Waals surface area (Å²) in [5, 5.41) is 0. The average Bonchev–Trinajstić information content (AvgIpc) is 2.60. The van der Waals surface area contributed by atoms with Crippen molar-refractivity contribution in [3.8, 4) is 0 Å². The molecule has 0 saturated heterocycles. The summed E-state index contributed by atoms with van der Waals surface area (Å²) >= 11 is 0. The van der Waals surface area contributed by atoms with Crippen molar-refractivity contribution >= 4 is 39.7 Å². The maximum atomic E-state index is 10.5. The predicted molar refractivity (Wildman–Crippen MR) is 109 cm³/mol. The van der Waals surface area contributed by atoms with Crippen LogP contribution in [0.15, 0.2) is 0 Å². The molecule has 27 heavy (non-hydrogen) atoms. The van der Waals surface area contributed by atoms with Gasteiger partial charge in [-0.1, -0.05) is 33.1 Å². The molecule has 0 heterocycles. The quantitative estimate of drug-likeness (QED) is 0.183. The number of hydrogen-bond donors (Lipinski definition) is 1. The monoisotopic (exact) mass is 422 g/mol. The Morgan fingerprint density at radius 2 is 1.30 bits per heavy atom. The normalized spacial score (nSPS) is 12.7. The third-order valence-corrected chi connectivity index (χ3v) is 4.76. The van der Waals surface area contributed by atoms with Crippen molar-refractivity contribution in [3.05, 3.63) is 0 Å². The van der Waals surface area contributed by atoms with Crippen molar-refractivity contribution < 1.29 is 31.9 Å². The molecule has 0 bridgehead atoms. The van der Waals surface area contributed by atoms with E-state index in [4.69, 9.17) is 23.5 Å². The molecule has 0 radical (unpaired) electrons. The fourth-order valence-corrected chi connectivity index (χ4v) is 2.87. The van der Waals surface area contributed by atoms with Crippen LogP contribution < -0.4 is 0 Å². The van der Waals surface area contributed by atoms with E-state index < -0.39 is 10.1 Å². The van der Waals surface area contributed by atoms with Crippen molar-refractivity contribution in [1.29, 1.82) is 0 Å². The second-order valence-corrected chi connectivity index (χ2v) is 7.89. The molecule has 0 saturated carbocycles. The minimum atomic E-state index is -3.85. The van der Waals surface area contributed by atoms with Crippen LogP contribution in [0.2, 0.25) is 0 Å². The van der Waals surface area contributed by atoms with Gasteiger partial charge in [0.25, 0.3) is 10.1 Å². The Labute approximate surface area is 187 Å². The molecule has 1 atom stereocenters. The van der Waals surface area contributed by atoms with Gasteiger partial charge in [-0.15, -0.1) is 0 Å². The third kappa shape index (κ3) is 24.7. The summed E-state index contributed by atoms with van der Waals surface area (Å²) in [5.41, 5.74) is 0. The molecule has 7 nitrogen and oxygen atoms in total. The van der Waals surface area contributed by atoms with Gasteiger partial charge < -0.3 is 18.9 Å². The first-order valence-corrected chi connectivity index (χ1v) is 11.4. The van der Waals surface area contributed by atoms with E-state index in [2.05, 4.69) is 13.8 Å². The van der Waals surface area contributed by atoms with Crippen LogP contribution in [0.4, 0.5) is 0 Å². The summed E-state index contributed by atoms with van der Waals surface area (Å²) in [6, 6.07) is 0. The van der Waals surface area contributed by atoms with Crippen LogP contribution in [-0.2, 0) is 29.1 Å². The Hall–Kier alpha value is 0.750. The van der Waals surface area contributed by atoms with Gasteiger partial charge in [-0.2, -0.15) is 8.42 Å². The summed E-state index contributed by atoms with van der Waals surface area (Å²) in [6.07, 6.45) is 5.90. The number of unbranched alkanes of at least 4 members (excludes halogenated alkanes) is 2. The van der Waals surface area contributed by atoms with Gasteiger partial charge in [0.1, 0.15) is 0 Å². The van der Waals surface area contributed by atoms with Crippen LogP contribution in [0.3, 0.4) is 0 Å². The van der Waals surface area contributed by atoms with E-state index in [9.17, 15) is 8.42 Å². The van der Waals surface area contributed by atoms with Crippen LogP contribution in [0.1, 0.15) is 52.4 Å². The Morgan fingerprint density at radius 1 is 0.778 bits per heavy atom. The summed E-state index contributed by atoms with van der Waals surface area (Å²) in [6.45, 7) is 8.89. The third-order valence-electron chi connectivity index (χ3n) is 3.95. The first-order chi connectivity index (χ1) is 12.5. The van der Waals surface area contributed by atoms with E-state index >= 15 is 0 Å². The molecule has 0 spiro atoms. The second kappa shape index (κ2) is 21.5. The molecule has 0 aromatic carbocycles. The first-order valence-electron chi connectivity index (χ1n) is 9.75. The molecule has 0 aliphatic carbocycles. The molecular formula is C18H39NaO7S. The average molecular weight is 423 g/mol. The maximum absolute atomic E-state index is 10.5. The van der Waals surface area contributed by atoms with E-state index in [-0.39, 0.29) is 35.3 Å². The number of ether oxygens (including phenoxy) is 4. The molecule has 1 N–H and O–H groups in total. The van der Waals surface area contributed by atoms with Gasteiger partial charge in [0, 0.05) is 13.2 Å². The zero-order chi connectivity index (χ0) is 19.5. The predicted octanol–water partition coefficient (Wildman–Crippen LogP) is 2.29. The van der Waals surface area contributed by atoms with E-state index in [0.29, 0.717) is 65.0 Å². The molecule has 0 aromatic heterocycles. The molecule has 0 rings (SSSR count). The van der Waals surface area contributed by atoms with Crippen LogP contribution in [0, 0.1) is 5.92 Å². The van der Waals surface area contributed by atoms with Crippen molar-refractivity contribution in [2.75, 3.05) is 58.6 Å². The Balaban J connectivity index is 0. The zero-order valence-electron chi connectivity index (χ0n) is 16.5. The zero-order valence-corrected chi connectivity index (χ0v) is 17.3. The second-order valence-electron chi connectivity index (χ2n) is 6.32. The number of hydrogen-bond acceptors (Lipinski definition) is 6. The van der Waals surface area contributed by atoms with E-state index in [1.54, 1.807) is 0 Å². The van der Waals surface area contributed by atoms with Crippen LogP contribution in [-0.4, -0.2) is 101 Å². The molecule has 0 aliphatic rings. The fourth-order valence-electron chi connectivity index (χ4n) is 2.30. The van der Waals surface area contributed by atoms with Crippen molar-refractivity contribution in [3.63, 3.8) is 0 Å². The van der Waals surface area contributed by atoms with Gasteiger partial charge in [0.15, 0.2) is 0 Å². The van der Waals surface area contributed by atoms with E-state index in [1.165, 1.54) is 19.3 Å². The van der Waals surface area contributed by atoms with Crippen LogP contribution in [0.25, 0.3) is 0 Å². The van der Waals surface area contributed by atoms with Gasteiger partial charge in [-0.3, -0.25) is 4.55 Å². The van der Waals surface area contributed by atoms with Crippen LogP contribution in [0.5, 0.6) is 0 Å². The molecular weight excluding hydrogens is 383 g/mol. The van der Waals surface area contributed by atoms with Gasteiger partial charge >= 0.3 is 29.6 Å². The van der Waals surface area contributed by atoms with Gasteiger partial charge in [0.2, 0.25) is 0 Å². The molecule has 9 heteroatoms. The standard InChI is InChI=1S/C18H38O7S.Na.H/c1-3-5-8-18(4-2)17-25-15-14-24-13-12-23-11-10-22-9-6-7-16-26(19,20)21;;/h18H,3-17H2,1-2H3,(H,19,20,21);;. The Bertz CT molecular complexity index is 393. The van der Waals surface area contributed by atoms with Crippen LogP contribution >= 0.6 is 0 Å². The molecule has 0 aliphatic heterocycles. The van der Waals surface area contributed by atoms with Crippen molar-refractivity contribution in [2.45, 2.75) is 52.4 Å². The molecule has 0 fully saturated rings. The first kappa shape index (κ1) is 29.9. The van der Waals surface area contributed by atoms with Crippen molar-refractivity contribution in [2.24, 2.45) is 5.92 Å². The SMILES string of the molecule is CCCCC(CC)COCCOCCOCCOCCCCS(=O)(=O)O.[NaH]. The molecule has 1 unspecified atom stereocenters. The fraction of sp³-hybridized carbons (Fsp3) is 1.00. The van der Waals surface area contributed by atoms with E-state index in [1.807, 2.05) is 0 Å². The molecule has 0 aromatic rings. The minimum absolute atomic E-state index is 0. The molecule has 160 valence electrons. The topological polar surface area (TPSA) is 91.3 Å². The van der Waals surface area contributed by atoms with Gasteiger partial charge in [-0.05, 0) is 25.2 Å². The van der Waals surface area contributed by atoms with Gasteiger partial charge in [-0.25, -0.2) is 0 Å². The summed E-state index contributed by atoms with van der Waals surface area (Å²) in [4.78, 5) is 0. The Morgan fingerprint density at radius 3 is 1.78 bits per heavy atom. The van der Waals surface area contributed by atoms with Gasteiger partial charge in [0.05, 0.1) is 45.4 Å². The number of rotatable bonds is 20. The summed E-state index contributed by atoms with van der Waals surface area (Å²) < 4.78 is 51.4.